The highest BCUT2D eigenvalue weighted by Crippen LogP contribution is 2.47. The summed E-state index contributed by atoms with van der Waals surface area (Å²) in [6.45, 7) is 6.01. The SMILES string of the molecule is [CH2]N1CCCC12CC(C)C(C)C2. The van der Waals surface area contributed by atoms with E-state index in [2.05, 4.69) is 25.8 Å². The fraction of sp³-hybridized carbons (Fsp3) is 0.909. The van der Waals surface area contributed by atoms with Gasteiger partial charge >= 0.3 is 0 Å². The van der Waals surface area contributed by atoms with Gasteiger partial charge in [-0.3, -0.25) is 4.90 Å². The Bertz CT molecular complexity index is 166. The molecule has 2 rings (SSSR count). The molecule has 1 spiro atoms. The highest BCUT2D eigenvalue weighted by molar-refractivity contribution is 5.02. The van der Waals surface area contributed by atoms with Crippen LogP contribution in [0.25, 0.3) is 0 Å². The summed E-state index contributed by atoms with van der Waals surface area (Å²) in [7, 11) is 4.18. The van der Waals surface area contributed by atoms with E-state index in [1.807, 2.05) is 0 Å². The molecule has 0 aromatic rings. The number of hydrogen-bond acceptors (Lipinski definition) is 1. The van der Waals surface area contributed by atoms with Crippen LogP contribution in [0.4, 0.5) is 0 Å². The lowest BCUT2D eigenvalue weighted by Gasteiger charge is -2.32. The Morgan fingerprint density at radius 1 is 1.25 bits per heavy atom. The number of nitrogens with zero attached hydrogens (tertiary/aromatic N) is 1. The van der Waals surface area contributed by atoms with Crippen molar-refractivity contribution in [2.45, 2.75) is 45.1 Å². The molecular weight excluding hydrogens is 146 g/mol. The molecule has 1 aliphatic carbocycles. The van der Waals surface area contributed by atoms with Crippen molar-refractivity contribution < 1.29 is 0 Å². The van der Waals surface area contributed by atoms with E-state index in [1.165, 1.54) is 32.2 Å². The standard InChI is InChI=1S/C11H20N/c1-9-7-11(8-10(9)2)5-4-6-12(11)3/h9-10H,3-8H2,1-2H3. The Labute approximate surface area is 76.1 Å². The summed E-state index contributed by atoms with van der Waals surface area (Å²) < 4.78 is 0. The Balaban J connectivity index is 2.13. The van der Waals surface area contributed by atoms with Crippen LogP contribution in [0.1, 0.15) is 39.5 Å². The number of hydrogen-bond donors (Lipinski definition) is 0. The predicted molar refractivity (Wildman–Crippen MR) is 51.6 cm³/mol. The number of rotatable bonds is 0. The highest BCUT2D eigenvalue weighted by Gasteiger charge is 2.46. The lowest BCUT2D eigenvalue weighted by molar-refractivity contribution is 0.195. The molecule has 1 saturated heterocycles. The van der Waals surface area contributed by atoms with Gasteiger partial charge in [-0.05, 0) is 44.1 Å². The molecule has 1 heteroatoms. The van der Waals surface area contributed by atoms with Crippen LogP contribution < -0.4 is 0 Å². The van der Waals surface area contributed by atoms with E-state index in [-0.39, 0.29) is 0 Å². The lowest BCUT2D eigenvalue weighted by atomic mass is 9.93. The molecule has 1 saturated carbocycles. The highest BCUT2D eigenvalue weighted by atomic mass is 15.2. The van der Waals surface area contributed by atoms with Crippen molar-refractivity contribution in [2.24, 2.45) is 11.8 Å². The molecule has 0 bridgehead atoms. The quantitative estimate of drug-likeness (QED) is 0.535. The van der Waals surface area contributed by atoms with Gasteiger partial charge in [0.15, 0.2) is 0 Å². The molecule has 69 valence electrons. The van der Waals surface area contributed by atoms with Gasteiger partial charge in [0.1, 0.15) is 0 Å². The van der Waals surface area contributed by atoms with E-state index in [0.29, 0.717) is 5.54 Å². The summed E-state index contributed by atoms with van der Waals surface area (Å²) in [4.78, 5) is 2.37. The molecule has 0 aromatic carbocycles. The largest absolute Gasteiger partial charge is 0.296 e. The third kappa shape index (κ3) is 1.10. The van der Waals surface area contributed by atoms with Gasteiger partial charge in [0.2, 0.25) is 0 Å². The van der Waals surface area contributed by atoms with E-state index in [0.717, 1.165) is 11.8 Å². The van der Waals surface area contributed by atoms with E-state index in [4.69, 9.17) is 0 Å². The molecule has 1 aliphatic heterocycles. The summed E-state index contributed by atoms with van der Waals surface area (Å²) >= 11 is 0. The van der Waals surface area contributed by atoms with E-state index >= 15 is 0 Å². The first-order chi connectivity index (χ1) is 5.64. The van der Waals surface area contributed by atoms with Crippen LogP contribution in [-0.4, -0.2) is 17.0 Å². The molecule has 2 unspecified atom stereocenters. The lowest BCUT2D eigenvalue weighted by Crippen LogP contribution is -2.37. The van der Waals surface area contributed by atoms with Gasteiger partial charge in [-0.2, -0.15) is 0 Å². The summed E-state index contributed by atoms with van der Waals surface area (Å²) in [5, 5.41) is 0. The smallest absolute Gasteiger partial charge is 0.0215 e. The van der Waals surface area contributed by atoms with E-state index in [9.17, 15) is 0 Å². The van der Waals surface area contributed by atoms with Crippen LogP contribution in [-0.2, 0) is 0 Å². The fourth-order valence-electron chi connectivity index (χ4n) is 3.14. The summed E-state index contributed by atoms with van der Waals surface area (Å²) in [5.41, 5.74) is 0.513. The van der Waals surface area contributed by atoms with Crippen molar-refractivity contribution >= 4 is 0 Å². The molecule has 0 aromatic heterocycles. The third-order valence-corrected chi connectivity index (χ3v) is 4.12. The zero-order valence-corrected chi connectivity index (χ0v) is 8.34. The minimum Gasteiger partial charge on any atom is -0.296 e. The van der Waals surface area contributed by atoms with Gasteiger partial charge < -0.3 is 0 Å². The molecule has 1 heterocycles. The van der Waals surface area contributed by atoms with Crippen LogP contribution in [0.5, 0.6) is 0 Å². The second kappa shape index (κ2) is 2.73. The van der Waals surface area contributed by atoms with Gasteiger partial charge in [-0.15, -0.1) is 0 Å². The molecule has 1 nitrogen and oxygen atoms in total. The fourth-order valence-corrected chi connectivity index (χ4v) is 3.14. The summed E-state index contributed by atoms with van der Waals surface area (Å²) in [6.07, 6.45) is 5.53. The van der Waals surface area contributed by atoms with Crippen molar-refractivity contribution in [3.63, 3.8) is 0 Å². The Kier molecular flexibility index (Phi) is 1.95. The Hall–Kier alpha value is -0.0400. The number of likely N-dealkylation sites (tertiary alicyclic amines) is 1. The second-order valence-corrected chi connectivity index (χ2v) is 4.95. The van der Waals surface area contributed by atoms with Gasteiger partial charge in [0.25, 0.3) is 0 Å². The van der Waals surface area contributed by atoms with Crippen molar-refractivity contribution in [1.82, 2.24) is 4.90 Å². The van der Waals surface area contributed by atoms with Crippen molar-refractivity contribution in [3.8, 4) is 0 Å². The summed E-state index contributed by atoms with van der Waals surface area (Å²) in [6, 6.07) is 0. The molecule has 2 fully saturated rings. The first-order valence-corrected chi connectivity index (χ1v) is 5.22. The maximum absolute atomic E-state index is 4.18. The van der Waals surface area contributed by atoms with Crippen molar-refractivity contribution in [2.75, 3.05) is 6.54 Å². The molecule has 12 heavy (non-hydrogen) atoms. The van der Waals surface area contributed by atoms with E-state index in [1.54, 1.807) is 0 Å². The first kappa shape index (κ1) is 8.55. The minimum atomic E-state index is 0.513. The van der Waals surface area contributed by atoms with Crippen LogP contribution in [0.15, 0.2) is 0 Å². The topological polar surface area (TPSA) is 3.24 Å². The zero-order valence-electron chi connectivity index (χ0n) is 8.34. The molecule has 1 radical (unpaired) electrons. The second-order valence-electron chi connectivity index (χ2n) is 4.95. The molecule has 2 aliphatic rings. The molecular formula is C11H20N. The maximum atomic E-state index is 4.18. The van der Waals surface area contributed by atoms with Crippen LogP contribution >= 0.6 is 0 Å². The Morgan fingerprint density at radius 3 is 2.25 bits per heavy atom. The maximum Gasteiger partial charge on any atom is 0.0215 e. The first-order valence-electron chi connectivity index (χ1n) is 5.22. The molecule has 0 N–H and O–H groups in total. The normalized spacial score (nSPS) is 49.2. The van der Waals surface area contributed by atoms with Gasteiger partial charge in [0.05, 0.1) is 0 Å². The average molecular weight is 166 g/mol. The van der Waals surface area contributed by atoms with Gasteiger partial charge in [0, 0.05) is 12.6 Å². The van der Waals surface area contributed by atoms with Crippen LogP contribution in [0, 0.1) is 18.9 Å². The monoisotopic (exact) mass is 166 g/mol. The molecule has 2 atom stereocenters. The molecule has 0 amide bonds. The minimum absolute atomic E-state index is 0.513. The van der Waals surface area contributed by atoms with Crippen LogP contribution in [0.2, 0.25) is 0 Å². The van der Waals surface area contributed by atoms with Gasteiger partial charge in [-0.1, -0.05) is 13.8 Å². The van der Waals surface area contributed by atoms with Crippen molar-refractivity contribution in [3.05, 3.63) is 7.05 Å². The predicted octanol–water partition coefficient (Wildman–Crippen LogP) is 2.68. The van der Waals surface area contributed by atoms with Crippen molar-refractivity contribution in [1.29, 1.82) is 0 Å². The third-order valence-electron chi connectivity index (χ3n) is 4.12. The van der Waals surface area contributed by atoms with Gasteiger partial charge in [-0.25, -0.2) is 0 Å². The average Bonchev–Trinajstić information content (AvgIpc) is 2.45. The van der Waals surface area contributed by atoms with E-state index < -0.39 is 0 Å². The van der Waals surface area contributed by atoms with Crippen LogP contribution in [0.3, 0.4) is 0 Å². The zero-order chi connectivity index (χ0) is 8.77. The summed E-state index contributed by atoms with van der Waals surface area (Å²) in [5.74, 6) is 1.82. The Morgan fingerprint density at radius 2 is 1.83 bits per heavy atom.